The van der Waals surface area contributed by atoms with Crippen LogP contribution in [0.5, 0.6) is 0 Å². The van der Waals surface area contributed by atoms with Crippen LogP contribution >= 0.6 is 0 Å². The molecule has 0 bridgehead atoms. The van der Waals surface area contributed by atoms with Crippen molar-refractivity contribution in [1.29, 1.82) is 0 Å². The van der Waals surface area contributed by atoms with Crippen LogP contribution < -0.4 is 5.32 Å². The van der Waals surface area contributed by atoms with Gasteiger partial charge in [0.05, 0.1) is 6.61 Å². The average Bonchev–Trinajstić information content (AvgIpc) is 2.40. The molecule has 1 rings (SSSR count). The van der Waals surface area contributed by atoms with E-state index in [-0.39, 0.29) is 12.0 Å². The molecule has 19 heavy (non-hydrogen) atoms. The van der Waals surface area contributed by atoms with Crippen molar-refractivity contribution in [3.63, 3.8) is 0 Å². The number of nitrogens with zero attached hydrogens (tertiary/aromatic N) is 1. The molecule has 0 aliphatic carbocycles. The molecule has 108 valence electrons. The predicted octanol–water partition coefficient (Wildman–Crippen LogP) is 1.87. The second-order valence-electron chi connectivity index (χ2n) is 5.56. The molecule has 3 heteroatoms. The molecule has 0 saturated heterocycles. The molecule has 0 fully saturated rings. The van der Waals surface area contributed by atoms with Gasteiger partial charge >= 0.3 is 0 Å². The summed E-state index contributed by atoms with van der Waals surface area (Å²) in [5, 5.41) is 12.6. The molecule has 0 aromatic heterocycles. The Labute approximate surface area is 117 Å². The lowest BCUT2D eigenvalue weighted by Crippen LogP contribution is -2.45. The van der Waals surface area contributed by atoms with Gasteiger partial charge in [-0.3, -0.25) is 0 Å². The van der Waals surface area contributed by atoms with Crippen LogP contribution in [0.1, 0.15) is 25.8 Å². The van der Waals surface area contributed by atoms with E-state index in [4.69, 9.17) is 5.11 Å². The highest BCUT2D eigenvalue weighted by Crippen LogP contribution is 2.24. The summed E-state index contributed by atoms with van der Waals surface area (Å²) in [6, 6.07) is 10.6. The molecule has 0 spiro atoms. The fourth-order valence-electron chi connectivity index (χ4n) is 2.48. The normalized spacial score (nSPS) is 14.6. The fraction of sp³-hybridized carbons (Fsp3) is 0.625. The Morgan fingerprint density at radius 2 is 1.95 bits per heavy atom. The van der Waals surface area contributed by atoms with E-state index in [2.05, 4.69) is 61.4 Å². The van der Waals surface area contributed by atoms with Crippen LogP contribution in [-0.4, -0.2) is 49.8 Å². The van der Waals surface area contributed by atoms with E-state index >= 15 is 0 Å². The first-order valence-corrected chi connectivity index (χ1v) is 7.18. The van der Waals surface area contributed by atoms with Gasteiger partial charge in [0.25, 0.3) is 0 Å². The van der Waals surface area contributed by atoms with Gasteiger partial charge in [-0.25, -0.2) is 0 Å². The van der Waals surface area contributed by atoms with Crippen LogP contribution in [0.25, 0.3) is 0 Å². The lowest BCUT2D eigenvalue weighted by Gasteiger charge is -2.34. The first kappa shape index (κ1) is 16.2. The van der Waals surface area contributed by atoms with Gasteiger partial charge in [0.1, 0.15) is 0 Å². The summed E-state index contributed by atoms with van der Waals surface area (Å²) < 4.78 is 0. The summed E-state index contributed by atoms with van der Waals surface area (Å²) in [6.07, 6.45) is 1.15. The van der Waals surface area contributed by atoms with E-state index in [1.807, 2.05) is 0 Å². The molecule has 1 aromatic carbocycles. The first-order valence-electron chi connectivity index (χ1n) is 7.18. The highest BCUT2D eigenvalue weighted by Gasteiger charge is 2.27. The summed E-state index contributed by atoms with van der Waals surface area (Å²) in [6.45, 7) is 8.35. The Balaban J connectivity index is 2.77. The standard InChI is InChI=1S/C16H28N2O/c1-4-10-17-13-16(2,14-18(3)11-12-19)15-8-6-5-7-9-15/h5-9,17,19H,4,10-14H2,1-3H3. The smallest absolute Gasteiger partial charge is 0.0558 e. The third-order valence-electron chi connectivity index (χ3n) is 3.51. The lowest BCUT2D eigenvalue weighted by atomic mass is 9.81. The highest BCUT2D eigenvalue weighted by molar-refractivity contribution is 5.25. The summed E-state index contributed by atoms with van der Waals surface area (Å²) >= 11 is 0. The monoisotopic (exact) mass is 264 g/mol. The number of likely N-dealkylation sites (N-methyl/N-ethyl adjacent to an activating group) is 1. The second kappa shape index (κ2) is 8.31. The van der Waals surface area contributed by atoms with Gasteiger partial charge in [-0.1, -0.05) is 44.2 Å². The van der Waals surface area contributed by atoms with Gasteiger partial charge < -0.3 is 15.3 Å². The van der Waals surface area contributed by atoms with E-state index in [0.29, 0.717) is 0 Å². The quantitative estimate of drug-likeness (QED) is 0.668. The summed E-state index contributed by atoms with van der Waals surface area (Å²) in [5.41, 5.74) is 1.42. The van der Waals surface area contributed by atoms with Crippen LogP contribution in [-0.2, 0) is 5.41 Å². The van der Waals surface area contributed by atoms with Gasteiger partial charge in [0, 0.05) is 25.0 Å². The first-order chi connectivity index (χ1) is 9.12. The molecule has 1 atom stereocenters. The Kier molecular flexibility index (Phi) is 7.06. The number of benzene rings is 1. The van der Waals surface area contributed by atoms with Crippen LogP contribution in [0.15, 0.2) is 30.3 Å². The molecule has 0 saturated carbocycles. The van der Waals surface area contributed by atoms with Gasteiger partial charge in [-0.15, -0.1) is 0 Å². The Morgan fingerprint density at radius 1 is 1.26 bits per heavy atom. The SMILES string of the molecule is CCCNCC(C)(CN(C)CCO)c1ccccc1. The van der Waals surface area contributed by atoms with E-state index in [0.717, 1.165) is 32.6 Å². The predicted molar refractivity (Wildman–Crippen MR) is 81.5 cm³/mol. The number of aliphatic hydroxyl groups is 1. The number of aliphatic hydroxyl groups excluding tert-OH is 1. The molecule has 3 nitrogen and oxygen atoms in total. The molecular formula is C16H28N2O. The Hall–Kier alpha value is -0.900. The zero-order valence-corrected chi connectivity index (χ0v) is 12.5. The van der Waals surface area contributed by atoms with Crippen molar-refractivity contribution in [2.45, 2.75) is 25.7 Å². The maximum atomic E-state index is 9.06. The third-order valence-corrected chi connectivity index (χ3v) is 3.51. The van der Waals surface area contributed by atoms with Crippen molar-refractivity contribution in [3.8, 4) is 0 Å². The van der Waals surface area contributed by atoms with Crippen molar-refractivity contribution >= 4 is 0 Å². The zero-order chi connectivity index (χ0) is 14.1. The van der Waals surface area contributed by atoms with E-state index in [1.165, 1.54) is 5.56 Å². The van der Waals surface area contributed by atoms with E-state index in [9.17, 15) is 0 Å². The topological polar surface area (TPSA) is 35.5 Å². The average molecular weight is 264 g/mol. The molecule has 1 aromatic rings. The third kappa shape index (κ3) is 5.31. The van der Waals surface area contributed by atoms with Crippen molar-refractivity contribution in [2.24, 2.45) is 0 Å². The van der Waals surface area contributed by atoms with Crippen LogP contribution in [0, 0.1) is 0 Å². The molecule has 0 aliphatic heterocycles. The number of rotatable bonds is 9. The summed E-state index contributed by atoms with van der Waals surface area (Å²) in [4.78, 5) is 2.20. The van der Waals surface area contributed by atoms with Crippen molar-refractivity contribution in [3.05, 3.63) is 35.9 Å². The molecule has 2 N–H and O–H groups in total. The second-order valence-corrected chi connectivity index (χ2v) is 5.56. The highest BCUT2D eigenvalue weighted by atomic mass is 16.3. The minimum absolute atomic E-state index is 0.0698. The Morgan fingerprint density at radius 3 is 2.53 bits per heavy atom. The van der Waals surface area contributed by atoms with Crippen molar-refractivity contribution in [2.75, 3.05) is 39.8 Å². The van der Waals surface area contributed by atoms with E-state index < -0.39 is 0 Å². The minimum atomic E-state index is 0.0698. The minimum Gasteiger partial charge on any atom is -0.395 e. The molecule has 1 unspecified atom stereocenters. The molecule has 0 aliphatic rings. The lowest BCUT2D eigenvalue weighted by molar-refractivity contribution is 0.191. The number of hydrogen-bond donors (Lipinski definition) is 2. The van der Waals surface area contributed by atoms with Crippen LogP contribution in [0.4, 0.5) is 0 Å². The van der Waals surface area contributed by atoms with Crippen molar-refractivity contribution < 1.29 is 5.11 Å². The maximum absolute atomic E-state index is 9.06. The van der Waals surface area contributed by atoms with Gasteiger partial charge in [0.2, 0.25) is 0 Å². The molecule has 0 radical (unpaired) electrons. The van der Waals surface area contributed by atoms with Gasteiger partial charge in [0.15, 0.2) is 0 Å². The molecular weight excluding hydrogens is 236 g/mol. The molecule has 0 heterocycles. The largest absolute Gasteiger partial charge is 0.395 e. The number of nitrogens with one attached hydrogen (secondary N) is 1. The zero-order valence-electron chi connectivity index (χ0n) is 12.5. The fourth-order valence-corrected chi connectivity index (χ4v) is 2.48. The van der Waals surface area contributed by atoms with Crippen LogP contribution in [0.2, 0.25) is 0 Å². The van der Waals surface area contributed by atoms with Gasteiger partial charge in [-0.05, 0) is 25.6 Å². The maximum Gasteiger partial charge on any atom is 0.0558 e. The molecule has 0 amide bonds. The van der Waals surface area contributed by atoms with E-state index in [1.54, 1.807) is 0 Å². The number of hydrogen-bond acceptors (Lipinski definition) is 3. The summed E-state index contributed by atoms with van der Waals surface area (Å²) in [7, 11) is 2.07. The van der Waals surface area contributed by atoms with Gasteiger partial charge in [-0.2, -0.15) is 0 Å². The van der Waals surface area contributed by atoms with Crippen molar-refractivity contribution in [1.82, 2.24) is 10.2 Å². The Bertz CT molecular complexity index is 342. The summed E-state index contributed by atoms with van der Waals surface area (Å²) in [5.74, 6) is 0. The van der Waals surface area contributed by atoms with Crippen LogP contribution in [0.3, 0.4) is 0 Å².